The number of aryl methyl sites for hydroxylation is 2. The number of piperidine rings is 1. The van der Waals surface area contributed by atoms with Gasteiger partial charge >= 0.3 is 0 Å². The fraction of sp³-hybridized carbons (Fsp3) is 0.818. The minimum Gasteiger partial charge on any atom is -0.444 e. The van der Waals surface area contributed by atoms with Crippen LogP contribution in [0.4, 0.5) is 0 Å². The lowest BCUT2D eigenvalue weighted by atomic mass is 9.97. The van der Waals surface area contributed by atoms with E-state index in [-0.39, 0.29) is 0 Å². The Morgan fingerprint density at radius 1 is 1.17 bits per heavy atom. The van der Waals surface area contributed by atoms with Crippen LogP contribution in [0.15, 0.2) is 9.41 Å². The second kappa shape index (κ2) is 11.6. The number of hydrogen-bond acceptors (Lipinski definition) is 5. The van der Waals surface area contributed by atoms with Crippen molar-refractivity contribution < 1.29 is 9.15 Å². The Labute approximate surface area is 175 Å². The molecule has 2 N–H and O–H groups in total. The minimum absolute atomic E-state index is 0.650. The number of aliphatic imine (C=N–C) groups is 1. The molecule has 3 rings (SSSR count). The molecule has 1 aromatic rings. The zero-order valence-electron chi connectivity index (χ0n) is 18.5. The first-order chi connectivity index (χ1) is 14.1. The molecule has 2 aliphatic rings. The molecule has 2 fully saturated rings. The van der Waals surface area contributed by atoms with Crippen LogP contribution in [0.25, 0.3) is 0 Å². The first kappa shape index (κ1) is 22.1. The van der Waals surface area contributed by atoms with Crippen molar-refractivity contribution >= 4 is 5.96 Å². The Bertz CT molecular complexity index is 614. The molecule has 164 valence electrons. The Morgan fingerprint density at radius 3 is 2.62 bits per heavy atom. The maximum atomic E-state index is 5.73. The molecule has 0 amide bonds. The summed E-state index contributed by atoms with van der Waals surface area (Å²) in [6.45, 7) is 13.5. The molecule has 0 unspecified atom stereocenters. The van der Waals surface area contributed by atoms with E-state index in [1.165, 1.54) is 25.7 Å². The van der Waals surface area contributed by atoms with Gasteiger partial charge in [0.1, 0.15) is 5.76 Å². The fourth-order valence-corrected chi connectivity index (χ4v) is 3.60. The molecule has 0 bridgehead atoms. The van der Waals surface area contributed by atoms with Crippen molar-refractivity contribution in [1.82, 2.24) is 20.5 Å². The number of nitrogens with one attached hydrogen (secondary N) is 2. The summed E-state index contributed by atoms with van der Waals surface area (Å²) in [5.74, 6) is 4.20. The van der Waals surface area contributed by atoms with Gasteiger partial charge < -0.3 is 19.8 Å². The zero-order chi connectivity index (χ0) is 20.5. The van der Waals surface area contributed by atoms with E-state index >= 15 is 0 Å². The predicted octanol–water partition coefficient (Wildman–Crippen LogP) is 2.88. The highest BCUT2D eigenvalue weighted by Gasteiger charge is 2.21. The quantitative estimate of drug-likeness (QED) is 0.335. The number of ether oxygens (including phenoxy) is 1. The van der Waals surface area contributed by atoms with Crippen LogP contribution >= 0.6 is 0 Å². The van der Waals surface area contributed by atoms with Gasteiger partial charge in [0, 0.05) is 32.8 Å². The minimum atomic E-state index is 0.650. The number of hydrogen-bond donors (Lipinski definition) is 2. The van der Waals surface area contributed by atoms with Gasteiger partial charge in [-0.2, -0.15) is 0 Å². The van der Waals surface area contributed by atoms with Gasteiger partial charge in [0.2, 0.25) is 5.89 Å². The van der Waals surface area contributed by atoms with Crippen molar-refractivity contribution in [2.24, 2.45) is 16.8 Å². The molecule has 7 nitrogen and oxygen atoms in total. The van der Waals surface area contributed by atoms with Crippen LogP contribution in [0.3, 0.4) is 0 Å². The Balaban J connectivity index is 1.31. The molecule has 1 aromatic heterocycles. The van der Waals surface area contributed by atoms with Crippen LogP contribution in [0.2, 0.25) is 0 Å². The molecule has 1 saturated carbocycles. The van der Waals surface area contributed by atoms with E-state index in [2.05, 4.69) is 27.4 Å². The van der Waals surface area contributed by atoms with Crippen LogP contribution in [0.5, 0.6) is 0 Å². The second-order valence-electron chi connectivity index (χ2n) is 8.49. The van der Waals surface area contributed by atoms with Gasteiger partial charge in [-0.05, 0) is 77.8 Å². The average Bonchev–Trinajstić information content (AvgIpc) is 3.48. The fourth-order valence-electron chi connectivity index (χ4n) is 3.60. The van der Waals surface area contributed by atoms with Gasteiger partial charge in [-0.15, -0.1) is 0 Å². The lowest BCUT2D eigenvalue weighted by molar-refractivity contribution is 0.123. The Morgan fingerprint density at radius 2 is 1.97 bits per heavy atom. The van der Waals surface area contributed by atoms with E-state index in [0.717, 1.165) is 88.1 Å². The lowest BCUT2D eigenvalue weighted by Crippen LogP contribution is -2.39. The highest BCUT2D eigenvalue weighted by molar-refractivity contribution is 5.79. The molecule has 1 saturated heterocycles. The van der Waals surface area contributed by atoms with Gasteiger partial charge in [-0.3, -0.25) is 9.89 Å². The Kier molecular flexibility index (Phi) is 8.80. The van der Waals surface area contributed by atoms with Crippen molar-refractivity contribution in [3.8, 4) is 0 Å². The van der Waals surface area contributed by atoms with Gasteiger partial charge in [-0.1, -0.05) is 0 Å². The van der Waals surface area contributed by atoms with E-state index in [1.807, 2.05) is 13.8 Å². The normalized spacial score (nSPS) is 18.9. The van der Waals surface area contributed by atoms with E-state index in [0.29, 0.717) is 5.92 Å². The zero-order valence-corrected chi connectivity index (χ0v) is 18.5. The number of guanidine groups is 1. The molecule has 0 atom stereocenters. The van der Waals surface area contributed by atoms with Crippen LogP contribution in [0.1, 0.15) is 56.4 Å². The summed E-state index contributed by atoms with van der Waals surface area (Å²) in [4.78, 5) is 11.8. The average molecular weight is 406 g/mol. The number of rotatable bonds is 11. The number of aromatic nitrogens is 1. The monoisotopic (exact) mass is 405 g/mol. The molecule has 0 spiro atoms. The Hall–Kier alpha value is -1.60. The number of oxazole rings is 1. The van der Waals surface area contributed by atoms with E-state index in [1.54, 1.807) is 0 Å². The first-order valence-corrected chi connectivity index (χ1v) is 11.4. The molecule has 0 aromatic carbocycles. The van der Waals surface area contributed by atoms with Crippen LogP contribution in [-0.4, -0.2) is 61.8 Å². The summed E-state index contributed by atoms with van der Waals surface area (Å²) in [5, 5.41) is 6.80. The second-order valence-corrected chi connectivity index (χ2v) is 8.49. The van der Waals surface area contributed by atoms with Gasteiger partial charge in [-0.25, -0.2) is 4.98 Å². The van der Waals surface area contributed by atoms with Crippen LogP contribution in [-0.2, 0) is 11.3 Å². The highest BCUT2D eigenvalue weighted by Crippen LogP contribution is 2.28. The van der Waals surface area contributed by atoms with E-state index < -0.39 is 0 Å². The first-order valence-electron chi connectivity index (χ1n) is 11.4. The SMILES string of the molecule is CCNC(=NCC1CCN(Cc2nc(C)c(C)o2)CC1)NCCCOCC1CC1. The summed E-state index contributed by atoms with van der Waals surface area (Å²) in [7, 11) is 0. The third kappa shape index (κ3) is 7.97. The number of nitrogens with zero attached hydrogens (tertiary/aromatic N) is 3. The summed E-state index contributed by atoms with van der Waals surface area (Å²) >= 11 is 0. The maximum absolute atomic E-state index is 5.73. The van der Waals surface area contributed by atoms with Gasteiger partial charge in [0.05, 0.1) is 12.2 Å². The van der Waals surface area contributed by atoms with Crippen molar-refractivity contribution in [2.75, 3.05) is 45.9 Å². The van der Waals surface area contributed by atoms with Crippen LogP contribution in [0, 0.1) is 25.7 Å². The van der Waals surface area contributed by atoms with Gasteiger partial charge in [0.15, 0.2) is 5.96 Å². The van der Waals surface area contributed by atoms with Crippen molar-refractivity contribution in [1.29, 1.82) is 0 Å². The third-order valence-electron chi connectivity index (χ3n) is 5.80. The van der Waals surface area contributed by atoms with Crippen molar-refractivity contribution in [2.45, 2.75) is 59.4 Å². The molecule has 2 heterocycles. The molecule has 7 heteroatoms. The van der Waals surface area contributed by atoms with Crippen LogP contribution < -0.4 is 10.6 Å². The summed E-state index contributed by atoms with van der Waals surface area (Å²) in [6.07, 6.45) is 6.09. The highest BCUT2D eigenvalue weighted by atomic mass is 16.5. The van der Waals surface area contributed by atoms with E-state index in [4.69, 9.17) is 14.1 Å². The summed E-state index contributed by atoms with van der Waals surface area (Å²) < 4.78 is 11.4. The lowest BCUT2D eigenvalue weighted by Gasteiger charge is -2.30. The van der Waals surface area contributed by atoms with E-state index in [9.17, 15) is 0 Å². The number of likely N-dealkylation sites (tertiary alicyclic amines) is 1. The molecular formula is C22H39N5O2. The largest absolute Gasteiger partial charge is 0.444 e. The summed E-state index contributed by atoms with van der Waals surface area (Å²) in [5.41, 5.74) is 1.00. The molecule has 29 heavy (non-hydrogen) atoms. The maximum Gasteiger partial charge on any atom is 0.208 e. The third-order valence-corrected chi connectivity index (χ3v) is 5.80. The molecule has 1 aliphatic heterocycles. The summed E-state index contributed by atoms with van der Waals surface area (Å²) in [6, 6.07) is 0. The predicted molar refractivity (Wildman–Crippen MR) is 116 cm³/mol. The molecular weight excluding hydrogens is 366 g/mol. The molecule has 1 aliphatic carbocycles. The topological polar surface area (TPSA) is 74.9 Å². The molecule has 0 radical (unpaired) electrons. The smallest absolute Gasteiger partial charge is 0.208 e. The standard InChI is InChI=1S/C22H39N5O2/c1-4-23-22(24-10-5-13-28-16-20-6-7-20)25-14-19-8-11-27(12-9-19)15-21-26-17(2)18(3)29-21/h19-20H,4-16H2,1-3H3,(H2,23,24,25). The van der Waals surface area contributed by atoms with Crippen molar-refractivity contribution in [3.05, 3.63) is 17.3 Å². The van der Waals surface area contributed by atoms with Crippen molar-refractivity contribution in [3.63, 3.8) is 0 Å². The van der Waals surface area contributed by atoms with Gasteiger partial charge in [0.25, 0.3) is 0 Å².